The number of piperidine rings is 1. The summed E-state index contributed by atoms with van der Waals surface area (Å²) in [5.74, 6) is 2.30. The Morgan fingerprint density at radius 3 is 2.58 bits per heavy atom. The highest BCUT2D eigenvalue weighted by atomic mass is 32.2. The molecule has 0 bridgehead atoms. The van der Waals surface area contributed by atoms with Crippen LogP contribution in [0.2, 0.25) is 0 Å². The molecular weight excluding hydrogens is 326 g/mol. The van der Waals surface area contributed by atoms with Crippen molar-refractivity contribution in [1.29, 1.82) is 0 Å². The molecule has 0 aliphatic carbocycles. The third-order valence-corrected chi connectivity index (χ3v) is 6.56. The summed E-state index contributed by atoms with van der Waals surface area (Å²) in [6, 6.07) is 0.265. The summed E-state index contributed by atoms with van der Waals surface area (Å²) in [5, 5.41) is 3.51. The van der Waals surface area contributed by atoms with Gasteiger partial charge in [0.05, 0.1) is 16.5 Å². The summed E-state index contributed by atoms with van der Waals surface area (Å²) < 4.78 is 12.4. The quantitative estimate of drug-likeness (QED) is 0.869. The zero-order chi connectivity index (χ0) is 16.7. The average Bonchev–Trinajstić information content (AvgIpc) is 2.88. The molecule has 7 nitrogen and oxygen atoms in total. The van der Waals surface area contributed by atoms with Crippen molar-refractivity contribution in [2.45, 2.75) is 43.5 Å². The molecule has 1 N–H and O–H groups in total. The molecule has 2 fully saturated rings. The minimum absolute atomic E-state index is 0.137. The molecule has 2 saturated heterocycles. The lowest BCUT2D eigenvalue weighted by atomic mass is 10.1. The zero-order valence-corrected chi connectivity index (χ0v) is 14.8. The van der Waals surface area contributed by atoms with Crippen LogP contribution in [0.1, 0.15) is 31.9 Å². The van der Waals surface area contributed by atoms with Crippen molar-refractivity contribution in [3.05, 3.63) is 5.69 Å². The predicted molar refractivity (Wildman–Crippen MR) is 92.7 cm³/mol. The van der Waals surface area contributed by atoms with E-state index in [4.69, 9.17) is 4.98 Å². The van der Waals surface area contributed by atoms with Gasteiger partial charge < -0.3 is 15.1 Å². The van der Waals surface area contributed by atoms with Gasteiger partial charge in [0.1, 0.15) is 10.7 Å². The Morgan fingerprint density at radius 1 is 1.21 bits per heavy atom. The first kappa shape index (κ1) is 15.8. The van der Waals surface area contributed by atoms with Crippen LogP contribution in [0.25, 0.3) is 0 Å². The molecule has 1 amide bonds. The van der Waals surface area contributed by atoms with Gasteiger partial charge in [-0.1, -0.05) is 0 Å². The first-order valence-electron chi connectivity index (χ1n) is 8.68. The third kappa shape index (κ3) is 2.87. The number of rotatable bonds is 3. The lowest BCUT2D eigenvalue weighted by molar-refractivity contribution is -0.129. The normalized spacial score (nSPS) is 23.8. The molecule has 24 heavy (non-hydrogen) atoms. The monoisotopic (exact) mass is 349 g/mol. The molecule has 1 atom stereocenters. The van der Waals surface area contributed by atoms with Crippen LogP contribution in [0.4, 0.5) is 11.8 Å². The van der Waals surface area contributed by atoms with Crippen molar-refractivity contribution >= 4 is 28.5 Å². The van der Waals surface area contributed by atoms with Gasteiger partial charge in [-0.15, -0.1) is 0 Å². The van der Waals surface area contributed by atoms with E-state index in [1.165, 1.54) is 6.42 Å². The van der Waals surface area contributed by atoms with Crippen LogP contribution in [-0.4, -0.2) is 63.0 Å². The summed E-state index contributed by atoms with van der Waals surface area (Å²) in [4.78, 5) is 25.6. The topological polar surface area (TPSA) is 78.4 Å². The SMILES string of the molecule is CC(=O)N1CCC(Nc2nc(N3CCC3)nc3c2S(=O)CC3)CC1. The van der Waals surface area contributed by atoms with E-state index >= 15 is 0 Å². The average molecular weight is 349 g/mol. The number of amides is 1. The van der Waals surface area contributed by atoms with Gasteiger partial charge in [0.25, 0.3) is 0 Å². The van der Waals surface area contributed by atoms with Crippen LogP contribution >= 0.6 is 0 Å². The van der Waals surface area contributed by atoms with Gasteiger partial charge in [-0.2, -0.15) is 4.98 Å². The molecule has 3 aliphatic rings. The largest absolute Gasteiger partial charge is 0.366 e. The molecule has 130 valence electrons. The number of likely N-dealkylation sites (tertiary alicyclic amines) is 1. The van der Waals surface area contributed by atoms with Gasteiger partial charge in [0, 0.05) is 51.3 Å². The fourth-order valence-electron chi connectivity index (χ4n) is 3.47. The van der Waals surface area contributed by atoms with Crippen molar-refractivity contribution in [1.82, 2.24) is 14.9 Å². The fourth-order valence-corrected chi connectivity index (χ4v) is 4.79. The first-order chi connectivity index (χ1) is 11.6. The van der Waals surface area contributed by atoms with E-state index in [9.17, 15) is 9.00 Å². The van der Waals surface area contributed by atoms with Crippen LogP contribution in [0.5, 0.6) is 0 Å². The molecule has 0 aromatic carbocycles. The number of nitrogens with zero attached hydrogens (tertiary/aromatic N) is 4. The van der Waals surface area contributed by atoms with Crippen molar-refractivity contribution in [3.63, 3.8) is 0 Å². The van der Waals surface area contributed by atoms with E-state index in [-0.39, 0.29) is 11.9 Å². The lowest BCUT2D eigenvalue weighted by Gasteiger charge is -2.33. The minimum atomic E-state index is -1.00. The Balaban J connectivity index is 1.55. The summed E-state index contributed by atoms with van der Waals surface area (Å²) in [6.45, 7) is 5.15. The van der Waals surface area contributed by atoms with Crippen LogP contribution in [0.3, 0.4) is 0 Å². The highest BCUT2D eigenvalue weighted by Gasteiger charge is 2.30. The van der Waals surface area contributed by atoms with Crippen LogP contribution in [0, 0.1) is 0 Å². The standard InChI is InChI=1S/C16H23N5O2S/c1-11(22)20-8-3-12(4-9-20)17-15-14-13(5-10-24(14)23)18-16(19-15)21-6-2-7-21/h12H,2-10H2,1H3,(H,17,18,19). The number of carbonyl (C=O) groups is 1. The number of aryl methyl sites for hydroxylation is 1. The maximum Gasteiger partial charge on any atom is 0.227 e. The third-order valence-electron chi connectivity index (χ3n) is 5.10. The lowest BCUT2D eigenvalue weighted by Crippen LogP contribution is -2.42. The Bertz CT molecular complexity index is 683. The van der Waals surface area contributed by atoms with Gasteiger partial charge in [-0.25, -0.2) is 4.98 Å². The minimum Gasteiger partial charge on any atom is -0.366 e. The van der Waals surface area contributed by atoms with Crippen molar-refractivity contribution in [2.24, 2.45) is 0 Å². The first-order valence-corrected chi connectivity index (χ1v) is 10.00. The molecule has 1 aromatic rings. The Kier molecular flexibility index (Phi) is 4.15. The maximum absolute atomic E-state index is 12.4. The maximum atomic E-state index is 12.4. The summed E-state index contributed by atoms with van der Waals surface area (Å²) in [7, 11) is -1.00. The molecule has 1 unspecified atom stereocenters. The molecule has 0 radical (unpaired) electrons. The Morgan fingerprint density at radius 2 is 1.96 bits per heavy atom. The van der Waals surface area contributed by atoms with E-state index in [0.29, 0.717) is 5.75 Å². The van der Waals surface area contributed by atoms with Crippen molar-refractivity contribution < 1.29 is 9.00 Å². The van der Waals surface area contributed by atoms with Gasteiger partial charge in [0.15, 0.2) is 0 Å². The van der Waals surface area contributed by atoms with Crippen LogP contribution in [0.15, 0.2) is 4.90 Å². The number of carbonyl (C=O) groups excluding carboxylic acids is 1. The number of anilines is 2. The molecule has 8 heteroatoms. The molecule has 4 heterocycles. The molecular formula is C16H23N5O2S. The summed E-state index contributed by atoms with van der Waals surface area (Å²) in [5.41, 5.74) is 0.939. The molecule has 0 saturated carbocycles. The molecule has 3 aliphatic heterocycles. The Labute approximate surface area is 144 Å². The van der Waals surface area contributed by atoms with E-state index in [2.05, 4.69) is 15.2 Å². The Hall–Kier alpha value is -1.70. The zero-order valence-electron chi connectivity index (χ0n) is 14.0. The smallest absolute Gasteiger partial charge is 0.227 e. The van der Waals surface area contributed by atoms with E-state index in [0.717, 1.165) is 67.8 Å². The van der Waals surface area contributed by atoms with Crippen molar-refractivity contribution in [3.8, 4) is 0 Å². The second kappa shape index (κ2) is 6.31. The van der Waals surface area contributed by atoms with E-state index in [1.807, 2.05) is 4.90 Å². The number of nitrogens with one attached hydrogen (secondary N) is 1. The van der Waals surface area contributed by atoms with Gasteiger partial charge in [-0.3, -0.25) is 9.00 Å². The van der Waals surface area contributed by atoms with Crippen LogP contribution < -0.4 is 10.2 Å². The van der Waals surface area contributed by atoms with Gasteiger partial charge in [0.2, 0.25) is 11.9 Å². The second-order valence-corrected chi connectivity index (χ2v) is 8.22. The van der Waals surface area contributed by atoms with E-state index < -0.39 is 10.8 Å². The summed E-state index contributed by atoms with van der Waals surface area (Å²) >= 11 is 0. The number of hydrogen-bond donors (Lipinski definition) is 1. The van der Waals surface area contributed by atoms with E-state index in [1.54, 1.807) is 6.92 Å². The number of hydrogen-bond acceptors (Lipinski definition) is 6. The highest BCUT2D eigenvalue weighted by molar-refractivity contribution is 7.85. The predicted octanol–water partition coefficient (Wildman–Crippen LogP) is 0.773. The van der Waals surface area contributed by atoms with Crippen molar-refractivity contribution in [2.75, 3.05) is 42.1 Å². The second-order valence-electron chi connectivity index (χ2n) is 6.71. The molecule has 1 aromatic heterocycles. The van der Waals surface area contributed by atoms with Crippen LogP contribution in [-0.2, 0) is 22.0 Å². The van der Waals surface area contributed by atoms with Gasteiger partial charge >= 0.3 is 0 Å². The highest BCUT2D eigenvalue weighted by Crippen LogP contribution is 2.32. The molecule has 0 spiro atoms. The molecule has 4 rings (SSSR count). The number of fused-ring (bicyclic) bond motifs is 1. The summed E-state index contributed by atoms with van der Waals surface area (Å²) in [6.07, 6.45) is 3.73. The van der Waals surface area contributed by atoms with Gasteiger partial charge in [-0.05, 0) is 19.3 Å². The number of aromatic nitrogens is 2. The fraction of sp³-hybridized carbons (Fsp3) is 0.688.